The molecule has 1 aromatic carbocycles. The van der Waals surface area contributed by atoms with Crippen molar-refractivity contribution < 1.29 is 22.7 Å². The van der Waals surface area contributed by atoms with Gasteiger partial charge in [0.2, 0.25) is 10.0 Å². The molecule has 3 N–H and O–H groups in total. The summed E-state index contributed by atoms with van der Waals surface area (Å²) in [4.78, 5) is 25.8. The molecule has 0 saturated heterocycles. The van der Waals surface area contributed by atoms with E-state index in [2.05, 4.69) is 5.32 Å². The van der Waals surface area contributed by atoms with Gasteiger partial charge in [0, 0.05) is 4.88 Å². The number of hydrogen-bond acceptors (Lipinski definition) is 6. The monoisotopic (exact) mass is 478 g/mol. The zero-order valence-electron chi connectivity index (χ0n) is 16.1. The minimum atomic E-state index is -4.16. The molecule has 7 nitrogen and oxygen atoms in total. The second-order valence-corrected chi connectivity index (χ2v) is 9.98. The quantitative estimate of drug-likeness (QED) is 0.597. The van der Waals surface area contributed by atoms with Crippen LogP contribution in [0.1, 0.15) is 51.9 Å². The van der Waals surface area contributed by atoms with Gasteiger partial charge in [-0.1, -0.05) is 30.1 Å². The molecule has 2 aromatic rings. The van der Waals surface area contributed by atoms with Crippen molar-refractivity contribution in [3.63, 3.8) is 0 Å². The van der Waals surface area contributed by atoms with Gasteiger partial charge >= 0.3 is 5.97 Å². The van der Waals surface area contributed by atoms with E-state index in [9.17, 15) is 18.0 Å². The summed E-state index contributed by atoms with van der Waals surface area (Å²) in [6.45, 7) is 7.17. The zero-order chi connectivity index (χ0) is 22.1. The third kappa shape index (κ3) is 5.29. The molecule has 0 radical (unpaired) electrons. The lowest BCUT2D eigenvalue weighted by atomic mass is 10.1. The van der Waals surface area contributed by atoms with E-state index in [1.54, 1.807) is 13.8 Å². The minimum absolute atomic E-state index is 0.0600. The second kappa shape index (κ2) is 9.01. The summed E-state index contributed by atoms with van der Waals surface area (Å²) < 4.78 is 28.7. The first-order valence-corrected chi connectivity index (χ1v) is 11.6. The van der Waals surface area contributed by atoms with Crippen LogP contribution >= 0.6 is 34.5 Å². The normalized spacial score (nSPS) is 11.6. The predicted molar refractivity (Wildman–Crippen MR) is 115 cm³/mol. The van der Waals surface area contributed by atoms with Crippen LogP contribution in [0.15, 0.2) is 17.0 Å². The van der Waals surface area contributed by atoms with Gasteiger partial charge in [0.15, 0.2) is 0 Å². The van der Waals surface area contributed by atoms with Crippen LogP contribution < -0.4 is 10.5 Å². The van der Waals surface area contributed by atoms with Crippen molar-refractivity contribution in [1.82, 2.24) is 0 Å². The van der Waals surface area contributed by atoms with Gasteiger partial charge in [0.1, 0.15) is 9.90 Å². The van der Waals surface area contributed by atoms with Crippen LogP contribution in [0.5, 0.6) is 0 Å². The maximum atomic E-state index is 12.8. The number of sulfonamides is 1. The molecular formula is C18H20Cl2N2O5S2. The van der Waals surface area contributed by atoms with Crippen LogP contribution in [0.4, 0.5) is 5.00 Å². The number of carbonyl (C=O) groups is 2. The molecule has 1 heterocycles. The standard InChI is InChI=1S/C18H20Cl2N2O5S2/c1-5-10-9(4)28-17(15(10)18(24)27-8(2)3)22-16(23)11-6-14(29(21,25)26)13(20)7-12(11)19/h6-8H,5H2,1-4H3,(H,22,23)(H2,21,25,26). The summed E-state index contributed by atoms with van der Waals surface area (Å²) in [7, 11) is -4.16. The molecule has 11 heteroatoms. The van der Waals surface area contributed by atoms with Crippen LogP contribution in [0, 0.1) is 6.92 Å². The smallest absolute Gasteiger partial charge is 0.341 e. The Kier molecular flexibility index (Phi) is 7.34. The number of nitrogens with two attached hydrogens (primary N) is 1. The molecule has 0 spiro atoms. The van der Waals surface area contributed by atoms with Crippen LogP contribution in [0.2, 0.25) is 10.0 Å². The number of rotatable bonds is 6. The first-order chi connectivity index (χ1) is 13.4. The fourth-order valence-corrected chi connectivity index (χ4v) is 5.21. The number of benzene rings is 1. The van der Waals surface area contributed by atoms with Crippen LogP contribution in [-0.2, 0) is 21.2 Å². The van der Waals surface area contributed by atoms with E-state index in [1.807, 2.05) is 13.8 Å². The van der Waals surface area contributed by atoms with E-state index in [0.29, 0.717) is 6.42 Å². The predicted octanol–water partition coefficient (Wildman–Crippen LogP) is 4.39. The first-order valence-electron chi connectivity index (χ1n) is 8.53. The number of esters is 1. The van der Waals surface area contributed by atoms with Gasteiger partial charge in [-0.2, -0.15) is 0 Å². The molecule has 1 aromatic heterocycles. The molecule has 0 bridgehead atoms. The van der Waals surface area contributed by atoms with E-state index in [4.69, 9.17) is 33.1 Å². The number of aryl methyl sites for hydroxylation is 1. The highest BCUT2D eigenvalue weighted by Gasteiger charge is 2.26. The lowest BCUT2D eigenvalue weighted by Crippen LogP contribution is -2.19. The Bertz CT molecular complexity index is 1080. The van der Waals surface area contributed by atoms with E-state index in [0.717, 1.165) is 22.6 Å². The van der Waals surface area contributed by atoms with E-state index >= 15 is 0 Å². The van der Waals surface area contributed by atoms with Gasteiger partial charge in [-0.25, -0.2) is 18.4 Å². The first kappa shape index (κ1) is 23.6. The fourth-order valence-electron chi connectivity index (χ4n) is 2.67. The van der Waals surface area contributed by atoms with E-state index in [-0.39, 0.29) is 32.3 Å². The number of primary sulfonamides is 1. The van der Waals surface area contributed by atoms with Gasteiger partial charge < -0.3 is 10.1 Å². The Morgan fingerprint density at radius 2 is 1.86 bits per heavy atom. The van der Waals surface area contributed by atoms with Gasteiger partial charge in [0.05, 0.1) is 27.3 Å². The Morgan fingerprint density at radius 1 is 1.24 bits per heavy atom. The number of halogens is 2. The van der Waals surface area contributed by atoms with Crippen LogP contribution in [-0.4, -0.2) is 26.4 Å². The Hall–Kier alpha value is -1.65. The fraction of sp³-hybridized carbons (Fsp3) is 0.333. The number of hydrogen-bond donors (Lipinski definition) is 2. The van der Waals surface area contributed by atoms with Crippen molar-refractivity contribution in [3.05, 3.63) is 43.7 Å². The summed E-state index contributed by atoms with van der Waals surface area (Å²) >= 11 is 13.2. The molecular weight excluding hydrogens is 459 g/mol. The molecule has 0 atom stereocenters. The van der Waals surface area contributed by atoms with Crippen molar-refractivity contribution in [2.24, 2.45) is 5.14 Å². The van der Waals surface area contributed by atoms with Crippen molar-refractivity contribution in [3.8, 4) is 0 Å². The maximum Gasteiger partial charge on any atom is 0.341 e. The van der Waals surface area contributed by atoms with Crippen molar-refractivity contribution >= 4 is 61.4 Å². The molecule has 1 amide bonds. The number of amides is 1. The topological polar surface area (TPSA) is 116 Å². The molecule has 0 saturated carbocycles. The molecule has 0 aliphatic carbocycles. The van der Waals surface area contributed by atoms with E-state index < -0.39 is 26.8 Å². The van der Waals surface area contributed by atoms with Crippen molar-refractivity contribution in [1.29, 1.82) is 0 Å². The largest absolute Gasteiger partial charge is 0.459 e. The lowest BCUT2D eigenvalue weighted by Gasteiger charge is -2.12. The number of thiophene rings is 1. The molecule has 0 aliphatic heterocycles. The summed E-state index contributed by atoms with van der Waals surface area (Å²) in [6, 6.07) is 2.13. The van der Waals surface area contributed by atoms with Crippen LogP contribution in [0.25, 0.3) is 0 Å². The molecule has 158 valence electrons. The maximum absolute atomic E-state index is 12.8. The van der Waals surface area contributed by atoms with Crippen molar-refractivity contribution in [2.75, 3.05) is 5.32 Å². The van der Waals surface area contributed by atoms with Gasteiger partial charge in [0.25, 0.3) is 5.91 Å². The average molecular weight is 479 g/mol. The Morgan fingerprint density at radius 3 is 2.38 bits per heavy atom. The Balaban J connectivity index is 2.50. The van der Waals surface area contributed by atoms with Gasteiger partial charge in [-0.05, 0) is 44.9 Å². The van der Waals surface area contributed by atoms with Crippen molar-refractivity contribution in [2.45, 2.75) is 45.1 Å². The molecule has 0 aliphatic rings. The highest BCUT2D eigenvalue weighted by atomic mass is 35.5. The number of carbonyl (C=O) groups excluding carboxylic acids is 2. The number of nitrogens with one attached hydrogen (secondary N) is 1. The summed E-state index contributed by atoms with van der Waals surface area (Å²) in [6.07, 6.45) is 0.233. The highest BCUT2D eigenvalue weighted by Crippen LogP contribution is 2.35. The summed E-state index contributed by atoms with van der Waals surface area (Å²) in [5.74, 6) is -1.26. The summed E-state index contributed by atoms with van der Waals surface area (Å²) in [5, 5.41) is 7.80. The third-order valence-corrected chi connectivity index (χ3v) is 6.66. The lowest BCUT2D eigenvalue weighted by molar-refractivity contribution is 0.0378. The van der Waals surface area contributed by atoms with Gasteiger partial charge in [-0.15, -0.1) is 11.3 Å². The molecule has 0 fully saturated rings. The number of ether oxygens (including phenoxy) is 1. The minimum Gasteiger partial charge on any atom is -0.459 e. The SMILES string of the molecule is CCc1c(C)sc(NC(=O)c2cc(S(N)(=O)=O)c(Cl)cc2Cl)c1C(=O)OC(C)C. The summed E-state index contributed by atoms with van der Waals surface area (Å²) in [5.41, 5.74) is 0.893. The molecule has 0 unspecified atom stereocenters. The zero-order valence-corrected chi connectivity index (χ0v) is 19.3. The van der Waals surface area contributed by atoms with E-state index in [1.165, 1.54) is 11.3 Å². The van der Waals surface area contributed by atoms with Crippen LogP contribution in [0.3, 0.4) is 0 Å². The molecule has 2 rings (SSSR count). The molecule has 29 heavy (non-hydrogen) atoms. The Labute approximate surface area is 183 Å². The number of anilines is 1. The van der Waals surface area contributed by atoms with Gasteiger partial charge in [-0.3, -0.25) is 4.79 Å². The average Bonchev–Trinajstić information content (AvgIpc) is 2.87. The highest BCUT2D eigenvalue weighted by molar-refractivity contribution is 7.89. The third-order valence-electron chi connectivity index (χ3n) is 3.91. The second-order valence-electron chi connectivity index (χ2n) is 6.41.